The number of rotatable bonds is 3. The van der Waals surface area contributed by atoms with Crippen molar-refractivity contribution in [2.24, 2.45) is 0 Å². The van der Waals surface area contributed by atoms with Crippen LogP contribution >= 0.6 is 0 Å². The molecule has 2 aromatic rings. The van der Waals surface area contributed by atoms with Gasteiger partial charge in [0.05, 0.1) is 0 Å². The number of amides is 2. The Morgan fingerprint density at radius 3 is 3.25 bits per heavy atom. The van der Waals surface area contributed by atoms with Gasteiger partial charge in [-0.1, -0.05) is 0 Å². The number of nitrogens with zero attached hydrogens (tertiary/aromatic N) is 4. The van der Waals surface area contributed by atoms with Crippen molar-refractivity contribution in [1.29, 1.82) is 0 Å². The second-order valence-electron chi connectivity index (χ2n) is 6.32. The Balaban J connectivity index is 1.34. The topological polar surface area (TPSA) is 118 Å². The predicted octanol–water partition coefficient (Wildman–Crippen LogP) is -0.336. The number of hydrogen-bond donors (Lipinski definition) is 3. The quantitative estimate of drug-likeness (QED) is 0.712. The molecule has 2 aliphatic rings. The van der Waals surface area contributed by atoms with Crippen LogP contribution in [0.25, 0.3) is 0 Å². The van der Waals surface area contributed by atoms with E-state index in [1.807, 2.05) is 6.07 Å². The highest BCUT2D eigenvalue weighted by Crippen LogP contribution is 2.18. The maximum atomic E-state index is 12.1. The van der Waals surface area contributed by atoms with Crippen molar-refractivity contribution in [2.45, 2.75) is 51.2 Å². The van der Waals surface area contributed by atoms with Crippen LogP contribution in [0, 0.1) is 0 Å². The van der Waals surface area contributed by atoms with Crippen molar-refractivity contribution in [3.8, 4) is 0 Å². The lowest BCUT2D eigenvalue weighted by atomic mass is 10.1. The molecule has 1 unspecified atom stereocenters. The molecule has 0 aromatic carbocycles. The molecule has 0 spiro atoms. The number of pyridine rings is 1. The number of tetrazole rings is 1. The maximum Gasteiger partial charge on any atom is 0.315 e. The van der Waals surface area contributed by atoms with Gasteiger partial charge in [0.25, 0.3) is 5.56 Å². The van der Waals surface area contributed by atoms with Crippen LogP contribution in [0.5, 0.6) is 0 Å². The molecule has 4 rings (SSSR count). The molecule has 0 saturated heterocycles. The Bertz CT molecular complexity index is 825. The van der Waals surface area contributed by atoms with Gasteiger partial charge in [-0.2, -0.15) is 0 Å². The van der Waals surface area contributed by atoms with E-state index in [9.17, 15) is 9.59 Å². The van der Waals surface area contributed by atoms with E-state index in [-0.39, 0.29) is 24.2 Å². The van der Waals surface area contributed by atoms with Crippen LogP contribution in [0.1, 0.15) is 35.5 Å². The molecule has 3 N–H and O–H groups in total. The molecule has 3 heterocycles. The zero-order valence-corrected chi connectivity index (χ0v) is 13.2. The largest absolute Gasteiger partial charge is 0.335 e. The number of nitrogens with one attached hydrogen (secondary N) is 3. The molecule has 9 nitrogen and oxygen atoms in total. The summed E-state index contributed by atoms with van der Waals surface area (Å²) in [5, 5.41) is 17.1. The number of aromatic nitrogens is 5. The number of carbonyl (C=O) groups excluding carboxylic acids is 1. The van der Waals surface area contributed by atoms with Gasteiger partial charge in [0.2, 0.25) is 0 Å². The van der Waals surface area contributed by atoms with E-state index in [1.54, 1.807) is 4.68 Å². The minimum absolute atomic E-state index is 0.00167. The average molecular weight is 329 g/mol. The van der Waals surface area contributed by atoms with Crippen LogP contribution in [0.15, 0.2) is 10.9 Å². The molecule has 0 fully saturated rings. The maximum absolute atomic E-state index is 12.1. The number of H-pyrrole nitrogens is 1. The van der Waals surface area contributed by atoms with Crippen LogP contribution in [-0.4, -0.2) is 37.3 Å². The Morgan fingerprint density at radius 2 is 2.33 bits per heavy atom. The average Bonchev–Trinajstić information content (AvgIpc) is 3.20. The van der Waals surface area contributed by atoms with Crippen molar-refractivity contribution >= 4 is 6.03 Å². The SMILES string of the molecule is O=C(NCc1cc2c([nH]c1=O)CCC2)NC1CCn2nnnc2C1. The molecular formula is C15H19N7O2. The van der Waals surface area contributed by atoms with E-state index in [0.29, 0.717) is 18.5 Å². The molecule has 1 aliphatic heterocycles. The van der Waals surface area contributed by atoms with E-state index >= 15 is 0 Å². The number of hydrogen-bond acceptors (Lipinski definition) is 5. The number of aryl methyl sites for hydroxylation is 3. The summed E-state index contributed by atoms with van der Waals surface area (Å²) in [5.41, 5.74) is 2.70. The second kappa shape index (κ2) is 6.06. The van der Waals surface area contributed by atoms with Gasteiger partial charge in [0.1, 0.15) is 0 Å². The minimum atomic E-state index is -0.277. The third-order valence-corrected chi connectivity index (χ3v) is 4.66. The molecule has 1 atom stereocenters. The molecule has 0 bridgehead atoms. The van der Waals surface area contributed by atoms with Gasteiger partial charge in [-0.25, -0.2) is 9.48 Å². The second-order valence-corrected chi connectivity index (χ2v) is 6.32. The van der Waals surface area contributed by atoms with Crippen molar-refractivity contribution in [3.63, 3.8) is 0 Å². The Labute approximate surface area is 137 Å². The summed E-state index contributed by atoms with van der Waals surface area (Å²) in [5.74, 6) is 0.779. The van der Waals surface area contributed by atoms with Gasteiger partial charge in [0, 0.05) is 36.8 Å². The molecule has 0 saturated carbocycles. The number of fused-ring (bicyclic) bond motifs is 2. The highest BCUT2D eigenvalue weighted by Gasteiger charge is 2.22. The van der Waals surface area contributed by atoms with Gasteiger partial charge in [-0.15, -0.1) is 5.10 Å². The first-order valence-corrected chi connectivity index (χ1v) is 8.22. The summed E-state index contributed by atoms with van der Waals surface area (Å²) in [6.07, 6.45) is 4.39. The van der Waals surface area contributed by atoms with Gasteiger partial charge in [0.15, 0.2) is 5.82 Å². The number of carbonyl (C=O) groups is 1. The minimum Gasteiger partial charge on any atom is -0.335 e. The van der Waals surface area contributed by atoms with E-state index < -0.39 is 0 Å². The highest BCUT2D eigenvalue weighted by atomic mass is 16.2. The van der Waals surface area contributed by atoms with E-state index in [2.05, 4.69) is 31.1 Å². The fraction of sp³-hybridized carbons (Fsp3) is 0.533. The molecule has 0 radical (unpaired) electrons. The summed E-state index contributed by atoms with van der Waals surface area (Å²) in [4.78, 5) is 27.0. The summed E-state index contributed by atoms with van der Waals surface area (Å²) >= 11 is 0. The molecule has 126 valence electrons. The van der Waals surface area contributed by atoms with E-state index in [0.717, 1.165) is 37.2 Å². The first-order valence-electron chi connectivity index (χ1n) is 8.22. The van der Waals surface area contributed by atoms with E-state index in [1.165, 1.54) is 5.56 Å². The molecule has 1 aliphatic carbocycles. The fourth-order valence-corrected chi connectivity index (χ4v) is 3.37. The summed E-state index contributed by atoms with van der Waals surface area (Å²) in [7, 11) is 0. The number of aromatic amines is 1. The number of urea groups is 1. The van der Waals surface area contributed by atoms with Crippen molar-refractivity contribution in [1.82, 2.24) is 35.8 Å². The molecular weight excluding hydrogens is 310 g/mol. The summed E-state index contributed by atoms with van der Waals surface area (Å²) < 4.78 is 1.75. The molecule has 9 heteroatoms. The zero-order valence-electron chi connectivity index (χ0n) is 13.2. The Morgan fingerprint density at radius 1 is 1.42 bits per heavy atom. The zero-order chi connectivity index (χ0) is 16.5. The van der Waals surface area contributed by atoms with Gasteiger partial charge >= 0.3 is 6.03 Å². The van der Waals surface area contributed by atoms with Crippen LogP contribution in [0.4, 0.5) is 4.79 Å². The normalized spacial score (nSPS) is 18.8. The lowest BCUT2D eigenvalue weighted by Crippen LogP contribution is -2.45. The van der Waals surface area contributed by atoms with Crippen LogP contribution in [0.3, 0.4) is 0 Å². The van der Waals surface area contributed by atoms with Crippen molar-refractivity contribution in [3.05, 3.63) is 39.1 Å². The lowest BCUT2D eigenvalue weighted by Gasteiger charge is -2.22. The van der Waals surface area contributed by atoms with E-state index in [4.69, 9.17) is 0 Å². The standard InChI is InChI=1S/C15H19N7O2/c23-14-10(6-9-2-1-3-12(9)18-14)8-16-15(24)17-11-4-5-22-13(7-11)19-20-21-22/h6,11H,1-5,7-8H2,(H,18,23)(H2,16,17,24). The summed E-state index contributed by atoms with van der Waals surface area (Å²) in [6.45, 7) is 0.913. The van der Waals surface area contributed by atoms with Gasteiger partial charge < -0.3 is 15.6 Å². The van der Waals surface area contributed by atoms with Gasteiger partial charge in [-0.05, 0) is 47.7 Å². The van der Waals surface area contributed by atoms with Crippen LogP contribution in [-0.2, 0) is 32.4 Å². The smallest absolute Gasteiger partial charge is 0.315 e. The van der Waals surface area contributed by atoms with Crippen molar-refractivity contribution in [2.75, 3.05) is 0 Å². The Kier molecular flexibility index (Phi) is 3.75. The fourth-order valence-electron chi connectivity index (χ4n) is 3.37. The molecule has 2 amide bonds. The molecule has 2 aromatic heterocycles. The van der Waals surface area contributed by atoms with Crippen molar-refractivity contribution < 1.29 is 4.79 Å². The molecule has 24 heavy (non-hydrogen) atoms. The van der Waals surface area contributed by atoms with Crippen LogP contribution in [0.2, 0.25) is 0 Å². The first-order chi connectivity index (χ1) is 11.7. The highest BCUT2D eigenvalue weighted by molar-refractivity contribution is 5.74. The Hall–Kier alpha value is -2.71. The van der Waals surface area contributed by atoms with Gasteiger partial charge in [-0.3, -0.25) is 4.79 Å². The lowest BCUT2D eigenvalue weighted by molar-refractivity contribution is 0.233. The van der Waals surface area contributed by atoms with Crippen LogP contribution < -0.4 is 16.2 Å². The monoisotopic (exact) mass is 329 g/mol. The predicted molar refractivity (Wildman–Crippen MR) is 84.4 cm³/mol. The third kappa shape index (κ3) is 2.89. The first kappa shape index (κ1) is 14.9. The third-order valence-electron chi connectivity index (χ3n) is 4.66. The summed E-state index contributed by atoms with van der Waals surface area (Å²) in [6, 6.07) is 1.64.